The van der Waals surface area contributed by atoms with Crippen molar-refractivity contribution in [1.82, 2.24) is 14.5 Å². The Labute approximate surface area is 168 Å². The van der Waals surface area contributed by atoms with Crippen LogP contribution in [0, 0.1) is 5.92 Å². The summed E-state index contributed by atoms with van der Waals surface area (Å²) in [7, 11) is 0. The van der Waals surface area contributed by atoms with Crippen molar-refractivity contribution >= 4 is 55.3 Å². The number of esters is 1. The SMILES string of the molecule is CC(C)COC(=O)CCn1ccnc1NC(=O)c1nc2ccc(Br)cc2s1. The quantitative estimate of drug-likeness (QED) is 0.547. The van der Waals surface area contributed by atoms with E-state index in [0.717, 1.165) is 14.7 Å². The van der Waals surface area contributed by atoms with E-state index in [1.54, 1.807) is 17.0 Å². The summed E-state index contributed by atoms with van der Waals surface area (Å²) >= 11 is 4.72. The summed E-state index contributed by atoms with van der Waals surface area (Å²) in [4.78, 5) is 32.8. The number of rotatable bonds is 7. The van der Waals surface area contributed by atoms with E-state index in [0.29, 0.717) is 30.0 Å². The monoisotopic (exact) mass is 450 g/mol. The van der Waals surface area contributed by atoms with E-state index >= 15 is 0 Å². The van der Waals surface area contributed by atoms with E-state index in [1.807, 2.05) is 32.0 Å². The highest BCUT2D eigenvalue weighted by Gasteiger charge is 2.16. The highest BCUT2D eigenvalue weighted by atomic mass is 79.9. The Kier molecular flexibility index (Phi) is 6.22. The van der Waals surface area contributed by atoms with E-state index in [-0.39, 0.29) is 18.3 Å². The summed E-state index contributed by atoms with van der Waals surface area (Å²) in [6.45, 7) is 4.74. The van der Waals surface area contributed by atoms with Crippen molar-refractivity contribution in [3.8, 4) is 0 Å². The molecule has 0 aliphatic heterocycles. The van der Waals surface area contributed by atoms with Crippen molar-refractivity contribution in [2.45, 2.75) is 26.8 Å². The van der Waals surface area contributed by atoms with Crippen molar-refractivity contribution in [3.63, 3.8) is 0 Å². The number of amides is 1. The number of ether oxygens (including phenoxy) is 1. The van der Waals surface area contributed by atoms with Gasteiger partial charge in [0.15, 0.2) is 5.01 Å². The maximum Gasteiger partial charge on any atom is 0.307 e. The van der Waals surface area contributed by atoms with E-state index < -0.39 is 0 Å². The fourth-order valence-corrected chi connectivity index (χ4v) is 3.72. The predicted octanol–water partition coefficient (Wildman–Crippen LogP) is 4.10. The maximum atomic E-state index is 12.5. The van der Waals surface area contributed by atoms with Crippen molar-refractivity contribution in [3.05, 3.63) is 40.1 Å². The molecule has 0 aliphatic rings. The first-order chi connectivity index (χ1) is 12.9. The molecule has 0 bridgehead atoms. The lowest BCUT2D eigenvalue weighted by molar-refractivity contribution is -0.144. The Morgan fingerprint density at radius 1 is 1.37 bits per heavy atom. The fourth-order valence-electron chi connectivity index (χ4n) is 2.31. The third-order valence-electron chi connectivity index (χ3n) is 3.62. The molecular weight excluding hydrogens is 432 g/mol. The average molecular weight is 451 g/mol. The number of aromatic nitrogens is 3. The number of nitrogens with one attached hydrogen (secondary N) is 1. The first-order valence-electron chi connectivity index (χ1n) is 8.46. The highest BCUT2D eigenvalue weighted by molar-refractivity contribution is 9.10. The van der Waals surface area contributed by atoms with E-state index in [9.17, 15) is 9.59 Å². The zero-order valence-electron chi connectivity index (χ0n) is 14.9. The van der Waals surface area contributed by atoms with Crippen LogP contribution in [0.4, 0.5) is 5.95 Å². The van der Waals surface area contributed by atoms with Gasteiger partial charge in [0.05, 0.1) is 23.2 Å². The zero-order valence-corrected chi connectivity index (χ0v) is 17.3. The summed E-state index contributed by atoms with van der Waals surface area (Å²) in [6.07, 6.45) is 3.49. The zero-order chi connectivity index (χ0) is 19.4. The van der Waals surface area contributed by atoms with Crippen molar-refractivity contribution < 1.29 is 14.3 Å². The third-order valence-corrected chi connectivity index (χ3v) is 5.13. The Balaban J connectivity index is 1.63. The van der Waals surface area contributed by atoms with Gasteiger partial charge >= 0.3 is 5.97 Å². The number of aryl methyl sites for hydroxylation is 1. The number of anilines is 1. The minimum Gasteiger partial charge on any atom is -0.465 e. The minimum atomic E-state index is -0.331. The van der Waals surface area contributed by atoms with E-state index in [2.05, 4.69) is 31.2 Å². The first-order valence-corrected chi connectivity index (χ1v) is 10.1. The van der Waals surface area contributed by atoms with Crippen LogP contribution in [-0.2, 0) is 16.1 Å². The molecule has 2 aromatic heterocycles. The van der Waals surface area contributed by atoms with Gasteiger partial charge in [-0.25, -0.2) is 9.97 Å². The number of nitrogens with zero attached hydrogens (tertiary/aromatic N) is 3. The van der Waals surface area contributed by atoms with Crippen LogP contribution in [0.3, 0.4) is 0 Å². The molecule has 0 saturated heterocycles. The van der Waals surface area contributed by atoms with Gasteiger partial charge in [0, 0.05) is 23.4 Å². The number of thiazole rings is 1. The molecule has 7 nitrogen and oxygen atoms in total. The Bertz CT molecular complexity index is 967. The second-order valence-electron chi connectivity index (χ2n) is 6.36. The van der Waals surface area contributed by atoms with Crippen LogP contribution in [0.1, 0.15) is 30.1 Å². The molecule has 27 heavy (non-hydrogen) atoms. The molecule has 142 valence electrons. The van der Waals surface area contributed by atoms with E-state index in [1.165, 1.54) is 11.3 Å². The standard InChI is InChI=1S/C18H19BrN4O3S/c1-11(2)10-26-15(24)5-7-23-8-6-20-18(23)22-16(25)17-21-13-4-3-12(19)9-14(13)27-17/h3-4,6,8-9,11H,5,7,10H2,1-2H3,(H,20,22,25). The molecule has 1 amide bonds. The molecule has 1 N–H and O–H groups in total. The van der Waals surface area contributed by atoms with Crippen LogP contribution >= 0.6 is 27.3 Å². The van der Waals surface area contributed by atoms with Crippen LogP contribution in [0.25, 0.3) is 10.2 Å². The normalized spacial score (nSPS) is 11.1. The van der Waals surface area contributed by atoms with E-state index in [4.69, 9.17) is 4.74 Å². The topological polar surface area (TPSA) is 86.1 Å². The molecule has 0 fully saturated rings. The Morgan fingerprint density at radius 3 is 2.96 bits per heavy atom. The van der Waals surface area contributed by atoms with Crippen molar-refractivity contribution in [2.24, 2.45) is 5.92 Å². The lowest BCUT2D eigenvalue weighted by atomic mass is 10.2. The van der Waals surface area contributed by atoms with Crippen LogP contribution < -0.4 is 5.32 Å². The molecule has 0 saturated carbocycles. The maximum absolute atomic E-state index is 12.5. The molecule has 0 atom stereocenters. The molecule has 0 unspecified atom stereocenters. The van der Waals surface area contributed by atoms with Crippen LogP contribution in [0.5, 0.6) is 0 Å². The van der Waals surface area contributed by atoms with Crippen molar-refractivity contribution in [2.75, 3.05) is 11.9 Å². The number of fused-ring (bicyclic) bond motifs is 1. The van der Waals surface area contributed by atoms with Gasteiger partial charge in [-0.3, -0.25) is 14.9 Å². The molecular formula is C18H19BrN4O3S. The summed E-state index contributed by atoms with van der Waals surface area (Å²) in [5, 5.41) is 3.11. The fraction of sp³-hybridized carbons (Fsp3) is 0.333. The molecule has 3 aromatic rings. The van der Waals surface area contributed by atoms with Crippen LogP contribution in [-0.4, -0.2) is 33.0 Å². The molecule has 0 aliphatic carbocycles. The summed E-state index contributed by atoms with van der Waals surface area (Å²) in [5.74, 6) is 0.0668. The van der Waals surface area contributed by atoms with Gasteiger partial charge in [-0.2, -0.15) is 0 Å². The lowest BCUT2D eigenvalue weighted by Gasteiger charge is -2.09. The van der Waals surface area contributed by atoms with Crippen LogP contribution in [0.2, 0.25) is 0 Å². The Morgan fingerprint density at radius 2 is 2.19 bits per heavy atom. The van der Waals surface area contributed by atoms with Crippen LogP contribution in [0.15, 0.2) is 35.1 Å². The van der Waals surface area contributed by atoms with Gasteiger partial charge < -0.3 is 9.30 Å². The average Bonchev–Trinajstić information content (AvgIpc) is 3.24. The largest absolute Gasteiger partial charge is 0.465 e. The lowest BCUT2D eigenvalue weighted by Crippen LogP contribution is -2.17. The smallest absolute Gasteiger partial charge is 0.307 e. The molecule has 0 radical (unpaired) electrons. The van der Waals surface area contributed by atoms with Crippen molar-refractivity contribution in [1.29, 1.82) is 0 Å². The second kappa shape index (κ2) is 8.62. The van der Waals surface area contributed by atoms with Gasteiger partial charge in [0.25, 0.3) is 5.91 Å². The molecule has 2 heterocycles. The number of hydrogen-bond donors (Lipinski definition) is 1. The van der Waals surface area contributed by atoms with Gasteiger partial charge in [-0.15, -0.1) is 11.3 Å². The number of hydrogen-bond acceptors (Lipinski definition) is 6. The summed E-state index contributed by atoms with van der Waals surface area (Å²) in [5.41, 5.74) is 0.768. The Hall–Kier alpha value is -2.26. The molecule has 9 heteroatoms. The first kappa shape index (κ1) is 19.5. The number of benzene rings is 1. The number of imidazole rings is 1. The van der Waals surface area contributed by atoms with Gasteiger partial charge in [0.2, 0.25) is 5.95 Å². The molecule has 0 spiro atoms. The molecule has 3 rings (SSSR count). The van der Waals surface area contributed by atoms with Gasteiger partial charge in [-0.1, -0.05) is 29.8 Å². The third kappa shape index (κ3) is 5.14. The minimum absolute atomic E-state index is 0.209. The summed E-state index contributed by atoms with van der Waals surface area (Å²) < 4.78 is 8.73. The second-order valence-corrected chi connectivity index (χ2v) is 8.30. The molecule has 1 aromatic carbocycles. The number of carbonyl (C=O) groups is 2. The van der Waals surface area contributed by atoms with Gasteiger partial charge in [-0.05, 0) is 24.1 Å². The highest BCUT2D eigenvalue weighted by Crippen LogP contribution is 2.26. The summed E-state index contributed by atoms with van der Waals surface area (Å²) in [6, 6.07) is 5.67. The van der Waals surface area contributed by atoms with Gasteiger partial charge in [0.1, 0.15) is 0 Å². The predicted molar refractivity (Wildman–Crippen MR) is 108 cm³/mol. The number of halogens is 1. The number of carbonyl (C=O) groups excluding carboxylic acids is 2.